The molecule has 22 heavy (non-hydrogen) atoms. The number of hydrogen-bond donors (Lipinski definition) is 1. The predicted molar refractivity (Wildman–Crippen MR) is 88.5 cm³/mol. The van der Waals surface area contributed by atoms with Crippen LogP contribution >= 0.6 is 0 Å². The van der Waals surface area contributed by atoms with Crippen LogP contribution in [0.1, 0.15) is 22.5 Å². The zero-order valence-electron chi connectivity index (χ0n) is 13.0. The van der Waals surface area contributed by atoms with Crippen molar-refractivity contribution < 1.29 is 4.74 Å². The SMILES string of the molecule is COc1cccc(Cc2nc3cc(C)ccn3c2CCN)c1. The van der Waals surface area contributed by atoms with Gasteiger partial charge in [0.05, 0.1) is 12.8 Å². The van der Waals surface area contributed by atoms with Gasteiger partial charge in [-0.05, 0) is 48.9 Å². The van der Waals surface area contributed by atoms with Crippen molar-refractivity contribution in [1.82, 2.24) is 9.38 Å². The maximum Gasteiger partial charge on any atom is 0.137 e. The average molecular weight is 295 g/mol. The van der Waals surface area contributed by atoms with Gasteiger partial charge < -0.3 is 14.9 Å². The summed E-state index contributed by atoms with van der Waals surface area (Å²) in [5.74, 6) is 0.873. The number of fused-ring (bicyclic) bond motifs is 1. The van der Waals surface area contributed by atoms with Crippen molar-refractivity contribution in [1.29, 1.82) is 0 Å². The van der Waals surface area contributed by atoms with E-state index in [-0.39, 0.29) is 0 Å². The lowest BCUT2D eigenvalue weighted by Gasteiger charge is -2.06. The van der Waals surface area contributed by atoms with E-state index < -0.39 is 0 Å². The van der Waals surface area contributed by atoms with Crippen LogP contribution < -0.4 is 10.5 Å². The lowest BCUT2D eigenvalue weighted by Crippen LogP contribution is -2.07. The Balaban J connectivity index is 2.03. The largest absolute Gasteiger partial charge is 0.497 e. The number of aryl methyl sites for hydroxylation is 1. The van der Waals surface area contributed by atoms with E-state index in [1.165, 1.54) is 16.8 Å². The highest BCUT2D eigenvalue weighted by Gasteiger charge is 2.12. The zero-order chi connectivity index (χ0) is 15.5. The molecule has 0 saturated heterocycles. The molecule has 4 nitrogen and oxygen atoms in total. The van der Waals surface area contributed by atoms with Crippen molar-refractivity contribution in [3.05, 3.63) is 65.1 Å². The number of pyridine rings is 1. The Hall–Kier alpha value is -2.33. The molecule has 0 spiro atoms. The highest BCUT2D eigenvalue weighted by molar-refractivity contribution is 5.47. The van der Waals surface area contributed by atoms with E-state index in [2.05, 4.69) is 41.8 Å². The van der Waals surface area contributed by atoms with Crippen LogP contribution in [-0.4, -0.2) is 23.0 Å². The van der Waals surface area contributed by atoms with Crippen LogP contribution in [0.4, 0.5) is 0 Å². The molecule has 0 amide bonds. The van der Waals surface area contributed by atoms with E-state index in [1.807, 2.05) is 12.1 Å². The highest BCUT2D eigenvalue weighted by atomic mass is 16.5. The molecule has 114 valence electrons. The predicted octanol–water partition coefficient (Wildman–Crippen LogP) is 2.74. The summed E-state index contributed by atoms with van der Waals surface area (Å²) in [6.07, 6.45) is 3.69. The first-order valence-corrected chi connectivity index (χ1v) is 7.50. The lowest BCUT2D eigenvalue weighted by atomic mass is 10.1. The molecule has 0 bridgehead atoms. The second kappa shape index (κ2) is 6.20. The first-order chi connectivity index (χ1) is 10.7. The monoisotopic (exact) mass is 295 g/mol. The third kappa shape index (κ3) is 2.83. The number of benzene rings is 1. The summed E-state index contributed by atoms with van der Waals surface area (Å²) in [6, 6.07) is 12.3. The van der Waals surface area contributed by atoms with Gasteiger partial charge in [-0.2, -0.15) is 0 Å². The van der Waals surface area contributed by atoms with Gasteiger partial charge in [0.2, 0.25) is 0 Å². The van der Waals surface area contributed by atoms with Gasteiger partial charge >= 0.3 is 0 Å². The van der Waals surface area contributed by atoms with Crippen LogP contribution in [-0.2, 0) is 12.8 Å². The Morgan fingerprint density at radius 1 is 1.23 bits per heavy atom. The maximum atomic E-state index is 5.79. The summed E-state index contributed by atoms with van der Waals surface area (Å²) in [5, 5.41) is 0. The Morgan fingerprint density at radius 3 is 2.86 bits per heavy atom. The molecule has 0 saturated carbocycles. The van der Waals surface area contributed by atoms with Crippen molar-refractivity contribution in [2.24, 2.45) is 5.73 Å². The summed E-state index contributed by atoms with van der Waals surface area (Å²) in [7, 11) is 1.69. The van der Waals surface area contributed by atoms with Crippen molar-refractivity contribution in [3.63, 3.8) is 0 Å². The second-order valence-electron chi connectivity index (χ2n) is 5.50. The molecule has 2 N–H and O–H groups in total. The van der Waals surface area contributed by atoms with Crippen LogP contribution in [0.15, 0.2) is 42.6 Å². The van der Waals surface area contributed by atoms with Crippen LogP contribution in [0.5, 0.6) is 5.75 Å². The van der Waals surface area contributed by atoms with E-state index in [9.17, 15) is 0 Å². The van der Waals surface area contributed by atoms with Gasteiger partial charge in [-0.3, -0.25) is 0 Å². The molecule has 4 heteroatoms. The fourth-order valence-electron chi connectivity index (χ4n) is 2.76. The summed E-state index contributed by atoms with van der Waals surface area (Å²) in [4.78, 5) is 4.81. The molecule has 2 aromatic heterocycles. The molecular weight excluding hydrogens is 274 g/mol. The summed E-state index contributed by atoms with van der Waals surface area (Å²) in [6.45, 7) is 2.70. The molecule has 0 atom stereocenters. The number of hydrogen-bond acceptors (Lipinski definition) is 3. The molecular formula is C18H21N3O. The number of rotatable bonds is 5. The highest BCUT2D eigenvalue weighted by Crippen LogP contribution is 2.20. The number of nitrogens with two attached hydrogens (primary N) is 1. The Labute approximate surface area is 130 Å². The van der Waals surface area contributed by atoms with E-state index >= 15 is 0 Å². The molecule has 3 rings (SSSR count). The second-order valence-corrected chi connectivity index (χ2v) is 5.50. The van der Waals surface area contributed by atoms with Crippen molar-refractivity contribution >= 4 is 5.65 Å². The Morgan fingerprint density at radius 2 is 2.09 bits per heavy atom. The van der Waals surface area contributed by atoms with E-state index in [4.69, 9.17) is 15.5 Å². The van der Waals surface area contributed by atoms with Gasteiger partial charge in [0.15, 0.2) is 0 Å². The van der Waals surface area contributed by atoms with Crippen molar-refractivity contribution in [3.8, 4) is 5.75 Å². The standard InChI is InChI=1S/C18H21N3O/c1-13-7-9-21-17(6-8-19)16(20-18(21)10-13)12-14-4-3-5-15(11-14)22-2/h3-5,7,9-11H,6,8,12,19H2,1-2H3. The minimum Gasteiger partial charge on any atom is -0.497 e. The summed E-state index contributed by atoms with van der Waals surface area (Å²) >= 11 is 0. The molecule has 0 fully saturated rings. The van der Waals surface area contributed by atoms with Crippen molar-refractivity contribution in [2.75, 3.05) is 13.7 Å². The third-order valence-corrected chi connectivity index (χ3v) is 3.85. The number of methoxy groups -OCH3 is 1. The molecule has 1 aromatic carbocycles. The third-order valence-electron chi connectivity index (χ3n) is 3.85. The van der Waals surface area contributed by atoms with Crippen LogP contribution in [0.3, 0.4) is 0 Å². The Bertz CT molecular complexity index is 792. The van der Waals surface area contributed by atoms with E-state index in [1.54, 1.807) is 7.11 Å². The zero-order valence-corrected chi connectivity index (χ0v) is 13.0. The minimum absolute atomic E-state index is 0.618. The van der Waals surface area contributed by atoms with E-state index in [0.717, 1.165) is 29.9 Å². The molecule has 2 heterocycles. The van der Waals surface area contributed by atoms with Crippen LogP contribution in [0.25, 0.3) is 5.65 Å². The van der Waals surface area contributed by atoms with Crippen molar-refractivity contribution in [2.45, 2.75) is 19.8 Å². The normalized spacial score (nSPS) is 11.0. The molecule has 0 unspecified atom stereocenters. The number of nitrogens with zero attached hydrogens (tertiary/aromatic N) is 2. The lowest BCUT2D eigenvalue weighted by molar-refractivity contribution is 0.414. The van der Waals surface area contributed by atoms with Gasteiger partial charge in [-0.15, -0.1) is 0 Å². The molecule has 0 aliphatic rings. The van der Waals surface area contributed by atoms with E-state index in [0.29, 0.717) is 6.54 Å². The minimum atomic E-state index is 0.618. The first-order valence-electron chi connectivity index (χ1n) is 7.50. The number of aromatic nitrogens is 2. The van der Waals surface area contributed by atoms with Crippen LogP contribution in [0, 0.1) is 6.92 Å². The summed E-state index contributed by atoms with van der Waals surface area (Å²) < 4.78 is 7.45. The molecule has 0 radical (unpaired) electrons. The number of imidazole rings is 1. The molecule has 0 aliphatic heterocycles. The van der Waals surface area contributed by atoms with Crippen LogP contribution in [0.2, 0.25) is 0 Å². The fourth-order valence-corrected chi connectivity index (χ4v) is 2.76. The quantitative estimate of drug-likeness (QED) is 0.787. The fraction of sp³-hybridized carbons (Fsp3) is 0.278. The molecule has 0 aliphatic carbocycles. The number of ether oxygens (including phenoxy) is 1. The van der Waals surface area contributed by atoms with Gasteiger partial charge in [-0.25, -0.2) is 4.98 Å². The van der Waals surface area contributed by atoms with Gasteiger partial charge in [0, 0.05) is 24.7 Å². The summed E-state index contributed by atoms with van der Waals surface area (Å²) in [5.41, 5.74) is 11.5. The first kappa shape index (κ1) is 14.6. The average Bonchev–Trinajstić information content (AvgIpc) is 2.84. The van der Waals surface area contributed by atoms with Gasteiger partial charge in [0.1, 0.15) is 11.4 Å². The topological polar surface area (TPSA) is 52.5 Å². The molecule has 3 aromatic rings. The van der Waals surface area contributed by atoms with Gasteiger partial charge in [0.25, 0.3) is 0 Å². The van der Waals surface area contributed by atoms with Gasteiger partial charge in [-0.1, -0.05) is 12.1 Å². The maximum absolute atomic E-state index is 5.79. The Kier molecular flexibility index (Phi) is 4.11. The smallest absolute Gasteiger partial charge is 0.137 e.